The quantitative estimate of drug-likeness (QED) is 0.640. The van der Waals surface area contributed by atoms with Gasteiger partial charge in [-0.2, -0.15) is 0 Å². The number of rotatable bonds is 4. The molecule has 0 spiro atoms. The Labute approximate surface area is 146 Å². The minimum Gasteiger partial charge on any atom is -0.387 e. The van der Waals surface area contributed by atoms with Crippen LogP contribution in [-0.2, 0) is 4.74 Å². The second-order valence-corrected chi connectivity index (χ2v) is 6.08. The van der Waals surface area contributed by atoms with Crippen LogP contribution in [0, 0.1) is 6.92 Å². The van der Waals surface area contributed by atoms with Crippen molar-refractivity contribution < 1.29 is 24.1 Å². The van der Waals surface area contributed by atoms with Gasteiger partial charge in [-0.1, -0.05) is 30.3 Å². The van der Waals surface area contributed by atoms with E-state index in [2.05, 4.69) is 0 Å². The van der Waals surface area contributed by atoms with Gasteiger partial charge in [0.2, 0.25) is 0 Å². The third-order valence-electron chi connectivity index (χ3n) is 4.29. The molecule has 0 aliphatic carbocycles. The van der Waals surface area contributed by atoms with Crippen molar-refractivity contribution in [3.05, 3.63) is 68.5 Å². The molecule has 26 heavy (non-hydrogen) atoms. The highest BCUT2D eigenvalue weighted by Crippen LogP contribution is 2.33. The van der Waals surface area contributed by atoms with Crippen molar-refractivity contribution in [3.63, 3.8) is 0 Å². The van der Waals surface area contributed by atoms with Crippen molar-refractivity contribution in [2.75, 3.05) is 0 Å². The van der Waals surface area contributed by atoms with Gasteiger partial charge in [0, 0.05) is 17.3 Å². The van der Waals surface area contributed by atoms with Crippen LogP contribution in [0.5, 0.6) is 0 Å². The number of ketones is 1. The van der Waals surface area contributed by atoms with E-state index in [1.54, 1.807) is 18.2 Å². The number of carbonyl (C=O) groups is 1. The largest absolute Gasteiger partial charge is 0.387 e. The van der Waals surface area contributed by atoms with Crippen LogP contribution < -0.4 is 11.2 Å². The van der Waals surface area contributed by atoms with Crippen LogP contribution in [0.15, 0.2) is 46.1 Å². The number of nitrogens with one attached hydrogen (secondary N) is 1. The topological polar surface area (TPSA) is 122 Å². The number of aromatic amines is 1. The number of aromatic nitrogens is 2. The van der Waals surface area contributed by atoms with E-state index in [1.807, 2.05) is 4.98 Å². The molecule has 9 heteroatoms. The molecule has 2 aromatic rings. The van der Waals surface area contributed by atoms with Crippen LogP contribution in [0.2, 0.25) is 0 Å². The van der Waals surface area contributed by atoms with Gasteiger partial charge >= 0.3 is 5.69 Å². The molecule has 0 radical (unpaired) electrons. The average molecular weight is 364 g/mol. The van der Waals surface area contributed by atoms with Crippen molar-refractivity contribution in [1.82, 2.24) is 9.55 Å². The fourth-order valence-electron chi connectivity index (χ4n) is 2.84. The highest BCUT2D eigenvalue weighted by atomic mass is 19.1. The van der Waals surface area contributed by atoms with E-state index < -0.39 is 47.7 Å². The zero-order valence-electron chi connectivity index (χ0n) is 13.7. The van der Waals surface area contributed by atoms with Gasteiger partial charge < -0.3 is 14.9 Å². The van der Waals surface area contributed by atoms with Gasteiger partial charge in [0.15, 0.2) is 18.2 Å². The zero-order chi connectivity index (χ0) is 19.0. The van der Waals surface area contributed by atoms with Gasteiger partial charge in [-0.3, -0.25) is 19.1 Å². The molecule has 1 aromatic carbocycles. The summed E-state index contributed by atoms with van der Waals surface area (Å²) in [6.45, 7) is 1.42. The fraction of sp³-hybridized carbons (Fsp3) is 0.353. The molecule has 2 unspecified atom stereocenters. The molecule has 3 rings (SSSR count). The van der Waals surface area contributed by atoms with E-state index in [0.717, 1.165) is 10.8 Å². The van der Waals surface area contributed by atoms with Gasteiger partial charge in [0.05, 0.1) is 0 Å². The summed E-state index contributed by atoms with van der Waals surface area (Å²) >= 11 is 0. The molecule has 0 bridgehead atoms. The Bertz CT molecular complexity index is 925. The maximum absolute atomic E-state index is 14.5. The first kappa shape index (κ1) is 18.2. The normalized spacial score (nSPS) is 26.6. The number of aliphatic hydroxyl groups excluding tert-OH is 2. The highest BCUT2D eigenvalue weighted by Gasteiger charge is 2.50. The number of hydrogen-bond acceptors (Lipinski definition) is 6. The molecule has 0 amide bonds. The molecule has 1 aromatic heterocycles. The molecule has 1 saturated heterocycles. The Hall–Kier alpha value is -2.62. The Morgan fingerprint density at radius 2 is 1.96 bits per heavy atom. The van der Waals surface area contributed by atoms with Gasteiger partial charge in [-0.15, -0.1) is 0 Å². The summed E-state index contributed by atoms with van der Waals surface area (Å²) in [6, 6.07) is 7.80. The molecule has 5 atom stereocenters. The Balaban J connectivity index is 1.88. The van der Waals surface area contributed by atoms with Crippen molar-refractivity contribution in [2.45, 2.75) is 37.6 Å². The van der Waals surface area contributed by atoms with E-state index in [4.69, 9.17) is 4.74 Å². The molecule has 3 N–H and O–H groups in total. The fourth-order valence-corrected chi connectivity index (χ4v) is 2.84. The third kappa shape index (κ3) is 3.12. The minimum absolute atomic E-state index is 0.138. The van der Waals surface area contributed by atoms with Crippen molar-refractivity contribution >= 4 is 5.78 Å². The van der Waals surface area contributed by atoms with Crippen LogP contribution >= 0.6 is 0 Å². The molecule has 1 aliphatic heterocycles. The first-order chi connectivity index (χ1) is 12.3. The Kier molecular flexibility index (Phi) is 4.86. The molecule has 138 valence electrons. The van der Waals surface area contributed by atoms with Gasteiger partial charge in [0.1, 0.15) is 18.3 Å². The smallest absolute Gasteiger partial charge is 0.330 e. The van der Waals surface area contributed by atoms with Gasteiger partial charge in [-0.25, -0.2) is 9.18 Å². The van der Waals surface area contributed by atoms with Crippen molar-refractivity contribution in [3.8, 4) is 0 Å². The summed E-state index contributed by atoms with van der Waals surface area (Å²) in [5, 5.41) is 20.3. The van der Waals surface area contributed by atoms with E-state index in [-0.39, 0.29) is 11.1 Å². The molecular formula is C17H17FN2O6. The molecule has 1 fully saturated rings. The number of benzene rings is 1. The van der Waals surface area contributed by atoms with Crippen LogP contribution in [-0.4, -0.2) is 50.0 Å². The summed E-state index contributed by atoms with van der Waals surface area (Å²) in [5.41, 5.74) is -1.24. The highest BCUT2D eigenvalue weighted by molar-refractivity contribution is 5.99. The molecular weight excluding hydrogens is 347 g/mol. The number of halogens is 1. The maximum Gasteiger partial charge on any atom is 0.330 e. The summed E-state index contributed by atoms with van der Waals surface area (Å²) in [5.74, 6) is -0.743. The number of carbonyl (C=O) groups excluding carboxylic acids is 1. The number of aliphatic hydroxyl groups is 2. The number of alkyl halides is 1. The lowest BCUT2D eigenvalue weighted by Crippen LogP contribution is -2.42. The number of hydrogen-bond donors (Lipinski definition) is 3. The van der Waals surface area contributed by atoms with Gasteiger partial charge in [-0.05, 0) is 6.92 Å². The maximum atomic E-state index is 14.5. The number of nitrogens with zero attached hydrogens (tertiary/aromatic N) is 1. The first-order valence-corrected chi connectivity index (χ1v) is 7.88. The Morgan fingerprint density at radius 1 is 1.31 bits per heavy atom. The van der Waals surface area contributed by atoms with Crippen LogP contribution in [0.3, 0.4) is 0 Å². The van der Waals surface area contributed by atoms with Crippen molar-refractivity contribution in [2.24, 2.45) is 0 Å². The number of aryl methyl sites for hydroxylation is 1. The standard InChI is InChI=1S/C17H17FN2O6/c1-8-7-20(17(25)19-15(8)24)16-10(18)12(22)14(26-16)13(23)11(21)9-5-3-2-4-6-9/h2-7,10,12-14,16,22-23H,1H3,(H,19,24,25)/t10?,12-,13?,14-,16+/m0/s1. The lowest BCUT2D eigenvalue weighted by atomic mass is 9.98. The second kappa shape index (κ2) is 6.94. The number of H-pyrrole nitrogens is 1. The van der Waals surface area contributed by atoms with E-state index >= 15 is 0 Å². The van der Waals surface area contributed by atoms with Crippen LogP contribution in [0.1, 0.15) is 22.1 Å². The molecule has 8 nitrogen and oxygen atoms in total. The van der Waals surface area contributed by atoms with Crippen LogP contribution in [0.25, 0.3) is 0 Å². The minimum atomic E-state index is -2.08. The monoisotopic (exact) mass is 364 g/mol. The SMILES string of the molecule is Cc1cn([C@@H]2O[C@H](C(O)C(=O)c3ccccc3)[C@@H](O)C2F)c(=O)[nH]c1=O. The summed E-state index contributed by atoms with van der Waals surface area (Å²) in [7, 11) is 0. The predicted molar refractivity (Wildman–Crippen MR) is 87.7 cm³/mol. The second-order valence-electron chi connectivity index (χ2n) is 6.08. The van der Waals surface area contributed by atoms with Crippen LogP contribution in [0.4, 0.5) is 4.39 Å². The first-order valence-electron chi connectivity index (χ1n) is 7.88. The third-order valence-corrected chi connectivity index (χ3v) is 4.29. The lowest BCUT2D eigenvalue weighted by molar-refractivity contribution is -0.0730. The summed E-state index contributed by atoms with van der Waals surface area (Å²) in [6.07, 6.45) is -7.80. The number of ether oxygens (including phenoxy) is 1. The zero-order valence-corrected chi connectivity index (χ0v) is 13.7. The molecule has 1 aliphatic rings. The van der Waals surface area contributed by atoms with Crippen molar-refractivity contribution in [1.29, 1.82) is 0 Å². The van der Waals surface area contributed by atoms with E-state index in [9.17, 15) is 29.0 Å². The average Bonchev–Trinajstić information content (AvgIpc) is 2.93. The van der Waals surface area contributed by atoms with Gasteiger partial charge in [0.25, 0.3) is 5.56 Å². The summed E-state index contributed by atoms with van der Waals surface area (Å²) in [4.78, 5) is 37.7. The number of Topliss-reactive ketones (excluding diaryl/α,β-unsaturated/α-hetero) is 1. The summed E-state index contributed by atoms with van der Waals surface area (Å²) < 4.78 is 20.6. The Morgan fingerprint density at radius 3 is 2.62 bits per heavy atom. The molecule has 0 saturated carbocycles. The predicted octanol–water partition coefficient (Wildman–Crippen LogP) is -0.315. The lowest BCUT2D eigenvalue weighted by Gasteiger charge is -2.20. The molecule has 2 heterocycles. The van der Waals surface area contributed by atoms with E-state index in [0.29, 0.717) is 0 Å². The van der Waals surface area contributed by atoms with E-state index in [1.165, 1.54) is 19.1 Å².